The number of nitrogens with zero attached hydrogens (tertiary/aromatic N) is 4. The van der Waals surface area contributed by atoms with Crippen LogP contribution < -0.4 is 21.3 Å². The molecule has 2 heterocycles. The van der Waals surface area contributed by atoms with E-state index in [2.05, 4.69) is 46.4 Å². The van der Waals surface area contributed by atoms with Gasteiger partial charge in [-0.1, -0.05) is 6.92 Å². The smallest absolute Gasteiger partial charge is 0.319 e. The number of nitrogens with one attached hydrogen (secondary N) is 5. The lowest BCUT2D eigenvalue weighted by molar-refractivity contribution is 0.252. The number of carbonyl (C=O) groups is 1. The summed E-state index contributed by atoms with van der Waals surface area (Å²) in [4.78, 5) is 24.8. The van der Waals surface area contributed by atoms with Crippen LogP contribution in [0.15, 0.2) is 30.3 Å². The first-order chi connectivity index (χ1) is 13.6. The van der Waals surface area contributed by atoms with E-state index in [4.69, 9.17) is 0 Å². The zero-order chi connectivity index (χ0) is 19.9. The van der Waals surface area contributed by atoms with Crippen LogP contribution in [-0.4, -0.2) is 37.7 Å². The first-order valence-corrected chi connectivity index (χ1v) is 9.01. The van der Waals surface area contributed by atoms with Crippen LogP contribution in [0, 0.1) is 6.92 Å². The molecule has 10 nitrogen and oxygen atoms in total. The number of H-pyrrole nitrogens is 1. The van der Waals surface area contributed by atoms with Gasteiger partial charge in [0.15, 0.2) is 5.82 Å². The van der Waals surface area contributed by atoms with E-state index in [1.807, 2.05) is 39.0 Å². The molecule has 146 valence electrons. The largest absolute Gasteiger partial charge is 0.338 e. The molecule has 0 aliphatic heterocycles. The SMILES string of the molecule is CCNC(=O)Nc1ccc(Nc2nc(CC)nc(Nc3cc(C)[nH]n3)n2)cc1. The summed E-state index contributed by atoms with van der Waals surface area (Å²) in [5, 5.41) is 18.7. The van der Waals surface area contributed by atoms with Gasteiger partial charge in [0.1, 0.15) is 5.82 Å². The standard InChI is InChI=1S/C18H23N9O/c1-4-14-22-16(25-17(23-14)24-15-10-11(3)26-27-15)20-12-6-8-13(9-7-12)21-18(28)19-5-2/h6-10H,4-5H2,1-3H3,(H2,19,21,28)(H3,20,22,23,24,25,26,27). The molecular weight excluding hydrogens is 358 g/mol. The number of aromatic amines is 1. The first-order valence-electron chi connectivity index (χ1n) is 9.01. The summed E-state index contributed by atoms with van der Waals surface area (Å²) < 4.78 is 0. The van der Waals surface area contributed by atoms with Crippen LogP contribution in [0.25, 0.3) is 0 Å². The van der Waals surface area contributed by atoms with E-state index < -0.39 is 0 Å². The highest BCUT2D eigenvalue weighted by Crippen LogP contribution is 2.19. The summed E-state index contributed by atoms with van der Waals surface area (Å²) in [7, 11) is 0. The van der Waals surface area contributed by atoms with Gasteiger partial charge in [-0.15, -0.1) is 0 Å². The van der Waals surface area contributed by atoms with Crippen molar-refractivity contribution in [3.05, 3.63) is 41.9 Å². The number of aryl methyl sites for hydroxylation is 2. The Labute approximate surface area is 162 Å². The molecule has 0 atom stereocenters. The molecule has 0 fully saturated rings. The van der Waals surface area contributed by atoms with Gasteiger partial charge in [0.2, 0.25) is 11.9 Å². The molecule has 2 amide bonds. The van der Waals surface area contributed by atoms with Crippen LogP contribution in [0.3, 0.4) is 0 Å². The quantitative estimate of drug-likeness (QED) is 0.425. The van der Waals surface area contributed by atoms with Crippen LogP contribution >= 0.6 is 0 Å². The highest BCUT2D eigenvalue weighted by Gasteiger charge is 2.08. The molecule has 0 saturated carbocycles. The highest BCUT2D eigenvalue weighted by molar-refractivity contribution is 5.89. The number of amides is 2. The number of carbonyl (C=O) groups excluding carboxylic acids is 1. The first kappa shape index (κ1) is 19.1. The molecule has 0 aliphatic carbocycles. The van der Waals surface area contributed by atoms with Crippen molar-refractivity contribution in [1.82, 2.24) is 30.5 Å². The minimum Gasteiger partial charge on any atom is -0.338 e. The Morgan fingerprint density at radius 3 is 2.29 bits per heavy atom. The monoisotopic (exact) mass is 381 g/mol. The Bertz CT molecular complexity index is 936. The summed E-state index contributed by atoms with van der Waals surface area (Å²) in [6.07, 6.45) is 0.668. The second-order valence-corrected chi connectivity index (χ2v) is 6.00. The Hall–Kier alpha value is -3.69. The predicted octanol–water partition coefficient (Wildman–Crippen LogP) is 3.09. The van der Waals surface area contributed by atoms with Crippen LogP contribution in [0.5, 0.6) is 0 Å². The molecule has 0 saturated heterocycles. The number of aromatic nitrogens is 5. The molecule has 2 aromatic heterocycles. The maximum atomic E-state index is 11.6. The van der Waals surface area contributed by atoms with Crippen LogP contribution in [-0.2, 0) is 6.42 Å². The fourth-order valence-corrected chi connectivity index (χ4v) is 2.39. The van der Waals surface area contributed by atoms with E-state index >= 15 is 0 Å². The molecule has 0 aliphatic rings. The minimum absolute atomic E-state index is 0.238. The van der Waals surface area contributed by atoms with Crippen molar-refractivity contribution in [2.75, 3.05) is 22.5 Å². The molecule has 3 rings (SSSR count). The van der Waals surface area contributed by atoms with E-state index in [0.29, 0.717) is 42.2 Å². The fraction of sp³-hybridized carbons (Fsp3) is 0.278. The lowest BCUT2D eigenvalue weighted by Gasteiger charge is -2.10. The third-order valence-corrected chi connectivity index (χ3v) is 3.68. The average molecular weight is 381 g/mol. The highest BCUT2D eigenvalue weighted by atomic mass is 16.2. The van der Waals surface area contributed by atoms with Crippen molar-refractivity contribution < 1.29 is 4.79 Å². The lowest BCUT2D eigenvalue weighted by atomic mass is 10.3. The molecule has 10 heteroatoms. The van der Waals surface area contributed by atoms with E-state index in [9.17, 15) is 4.79 Å². The van der Waals surface area contributed by atoms with Crippen molar-refractivity contribution in [3.63, 3.8) is 0 Å². The van der Waals surface area contributed by atoms with Crippen molar-refractivity contribution in [1.29, 1.82) is 0 Å². The Balaban J connectivity index is 1.72. The third-order valence-electron chi connectivity index (χ3n) is 3.68. The maximum absolute atomic E-state index is 11.6. The molecule has 0 spiro atoms. The minimum atomic E-state index is -0.238. The predicted molar refractivity (Wildman–Crippen MR) is 108 cm³/mol. The van der Waals surface area contributed by atoms with Gasteiger partial charge in [-0.3, -0.25) is 5.10 Å². The van der Waals surface area contributed by atoms with Crippen molar-refractivity contribution in [2.24, 2.45) is 0 Å². The van der Waals surface area contributed by atoms with Gasteiger partial charge in [-0.2, -0.15) is 20.1 Å². The number of rotatable bonds is 7. The van der Waals surface area contributed by atoms with E-state index in [0.717, 1.165) is 11.4 Å². The molecule has 28 heavy (non-hydrogen) atoms. The van der Waals surface area contributed by atoms with E-state index in [-0.39, 0.29) is 6.03 Å². The summed E-state index contributed by atoms with van der Waals surface area (Å²) in [6.45, 7) is 6.32. The number of urea groups is 1. The van der Waals surface area contributed by atoms with Gasteiger partial charge in [0.25, 0.3) is 0 Å². The molecular formula is C18H23N9O. The number of benzene rings is 1. The average Bonchev–Trinajstić information content (AvgIpc) is 3.08. The zero-order valence-electron chi connectivity index (χ0n) is 16.0. The molecule has 0 unspecified atom stereocenters. The summed E-state index contributed by atoms with van der Waals surface area (Å²) in [6, 6.07) is 8.89. The molecule has 1 aromatic carbocycles. The number of hydrogen-bond donors (Lipinski definition) is 5. The lowest BCUT2D eigenvalue weighted by Crippen LogP contribution is -2.28. The van der Waals surface area contributed by atoms with Gasteiger partial charge >= 0.3 is 6.03 Å². The van der Waals surface area contributed by atoms with Crippen molar-refractivity contribution in [3.8, 4) is 0 Å². The summed E-state index contributed by atoms with van der Waals surface area (Å²) in [5.41, 5.74) is 2.42. The van der Waals surface area contributed by atoms with Gasteiger partial charge in [-0.05, 0) is 38.1 Å². The maximum Gasteiger partial charge on any atom is 0.319 e. The second-order valence-electron chi connectivity index (χ2n) is 6.00. The van der Waals surface area contributed by atoms with Gasteiger partial charge < -0.3 is 21.3 Å². The third kappa shape index (κ3) is 5.16. The van der Waals surface area contributed by atoms with Gasteiger partial charge in [-0.25, -0.2) is 4.79 Å². The fourth-order valence-electron chi connectivity index (χ4n) is 2.39. The summed E-state index contributed by atoms with van der Waals surface area (Å²) >= 11 is 0. The Morgan fingerprint density at radius 2 is 1.68 bits per heavy atom. The second kappa shape index (κ2) is 8.80. The van der Waals surface area contributed by atoms with Crippen LogP contribution in [0.2, 0.25) is 0 Å². The van der Waals surface area contributed by atoms with Crippen LogP contribution in [0.4, 0.5) is 33.9 Å². The Kier molecular flexibility index (Phi) is 6.00. The van der Waals surface area contributed by atoms with Gasteiger partial charge in [0.05, 0.1) is 0 Å². The van der Waals surface area contributed by atoms with Gasteiger partial charge in [0, 0.05) is 36.1 Å². The molecule has 5 N–H and O–H groups in total. The Morgan fingerprint density at radius 1 is 1.00 bits per heavy atom. The number of hydrogen-bond acceptors (Lipinski definition) is 7. The molecule has 0 radical (unpaired) electrons. The number of anilines is 5. The van der Waals surface area contributed by atoms with E-state index in [1.165, 1.54) is 0 Å². The molecule has 0 bridgehead atoms. The zero-order valence-corrected chi connectivity index (χ0v) is 16.0. The topological polar surface area (TPSA) is 133 Å². The normalized spacial score (nSPS) is 10.4. The van der Waals surface area contributed by atoms with Crippen LogP contribution in [0.1, 0.15) is 25.4 Å². The van der Waals surface area contributed by atoms with Crippen molar-refractivity contribution >= 4 is 35.1 Å². The van der Waals surface area contributed by atoms with E-state index in [1.54, 1.807) is 12.1 Å². The summed E-state index contributed by atoms with van der Waals surface area (Å²) in [5.74, 6) is 2.13. The van der Waals surface area contributed by atoms with Crippen molar-refractivity contribution in [2.45, 2.75) is 27.2 Å². The molecule has 3 aromatic rings.